The molecule has 0 spiro atoms. The zero-order valence-electron chi connectivity index (χ0n) is 11.8. The molecule has 0 unspecified atom stereocenters. The highest BCUT2D eigenvalue weighted by atomic mass is 16.7. The molecule has 3 rings (SSSR count). The van der Waals surface area contributed by atoms with Gasteiger partial charge in [0.2, 0.25) is 11.7 Å². The predicted molar refractivity (Wildman–Crippen MR) is 80.5 cm³/mol. The fraction of sp³-hybridized carbons (Fsp3) is 0.0667. The fourth-order valence-electron chi connectivity index (χ4n) is 2.24. The molecule has 8 nitrogen and oxygen atoms in total. The predicted octanol–water partition coefficient (Wildman–Crippen LogP) is 1.17. The van der Waals surface area contributed by atoms with Gasteiger partial charge in [0.25, 0.3) is 5.69 Å². The molecule has 0 aliphatic rings. The number of para-hydroxylation sites is 3. The van der Waals surface area contributed by atoms with E-state index in [9.17, 15) is 20.1 Å². The van der Waals surface area contributed by atoms with Crippen molar-refractivity contribution in [3.63, 3.8) is 0 Å². The summed E-state index contributed by atoms with van der Waals surface area (Å²) in [6, 6.07) is 12.5. The molecule has 8 heteroatoms. The quantitative estimate of drug-likeness (QED) is 0.311. The van der Waals surface area contributed by atoms with Gasteiger partial charge in [-0.1, -0.05) is 24.3 Å². The lowest BCUT2D eigenvalue weighted by atomic mass is 10.2. The maximum atomic E-state index is 12.0. The molecule has 0 N–H and O–H groups in total. The molecular weight excluding hydrogens is 302 g/mol. The second-order valence-corrected chi connectivity index (χ2v) is 4.74. The molecular formula is C15H11N3O5. The number of hydrogen-bond acceptors (Lipinski definition) is 5. The van der Waals surface area contributed by atoms with E-state index in [0.29, 0.717) is 10.3 Å². The van der Waals surface area contributed by atoms with Crippen LogP contribution in [0, 0.1) is 15.3 Å². The van der Waals surface area contributed by atoms with E-state index >= 15 is 0 Å². The summed E-state index contributed by atoms with van der Waals surface area (Å²) in [4.78, 5) is 27.9. The zero-order valence-corrected chi connectivity index (χ0v) is 11.8. The number of aromatic nitrogens is 2. The Morgan fingerprint density at radius 3 is 2.61 bits per heavy atom. The topological polar surface area (TPSA) is 101 Å². The van der Waals surface area contributed by atoms with Crippen LogP contribution >= 0.6 is 0 Å². The normalized spacial score (nSPS) is 10.6. The Balaban J connectivity index is 2.01. The van der Waals surface area contributed by atoms with Crippen LogP contribution in [0.2, 0.25) is 0 Å². The first-order valence-electron chi connectivity index (χ1n) is 6.67. The zero-order chi connectivity index (χ0) is 16.4. The third-order valence-electron chi connectivity index (χ3n) is 3.30. The lowest BCUT2D eigenvalue weighted by Gasteiger charge is -2.11. The van der Waals surface area contributed by atoms with Crippen LogP contribution in [0.4, 0.5) is 5.69 Å². The van der Waals surface area contributed by atoms with Gasteiger partial charge in [0.05, 0.1) is 10.5 Å². The number of fused-ring (bicyclic) bond motifs is 1. The van der Waals surface area contributed by atoms with Gasteiger partial charge in [-0.3, -0.25) is 14.9 Å². The SMILES string of the molecule is O=c1c[n+]([O-])c2ccccc2n1OCc1ccccc1[N+](=O)[O-]. The van der Waals surface area contributed by atoms with Crippen LogP contribution in [0.1, 0.15) is 5.56 Å². The largest absolute Gasteiger partial charge is 0.618 e. The Bertz CT molecular complexity index is 951. The summed E-state index contributed by atoms with van der Waals surface area (Å²) in [5.74, 6) is 0. The van der Waals surface area contributed by atoms with Crippen molar-refractivity contribution < 1.29 is 14.5 Å². The molecule has 0 amide bonds. The van der Waals surface area contributed by atoms with Gasteiger partial charge in [-0.05, 0) is 12.1 Å². The second-order valence-electron chi connectivity index (χ2n) is 4.74. The molecule has 3 aromatic rings. The number of nitro groups is 1. The standard InChI is InChI=1S/C15H11N3O5/c19-15-9-16(20)13-7-3-4-8-14(13)17(15)23-10-11-5-1-2-6-12(11)18(21)22/h1-9H,10H2. The Morgan fingerprint density at radius 2 is 1.83 bits per heavy atom. The number of rotatable bonds is 4. The minimum Gasteiger partial charge on any atom is -0.618 e. The van der Waals surface area contributed by atoms with Gasteiger partial charge < -0.3 is 10.0 Å². The van der Waals surface area contributed by atoms with Crippen LogP contribution in [0.5, 0.6) is 0 Å². The summed E-state index contributed by atoms with van der Waals surface area (Å²) >= 11 is 0. The highest BCUT2D eigenvalue weighted by molar-refractivity contribution is 5.70. The fourth-order valence-corrected chi connectivity index (χ4v) is 2.24. The van der Waals surface area contributed by atoms with Crippen molar-refractivity contribution in [2.24, 2.45) is 0 Å². The van der Waals surface area contributed by atoms with Crippen LogP contribution in [0.3, 0.4) is 0 Å². The molecule has 1 heterocycles. The molecule has 0 radical (unpaired) electrons. The van der Waals surface area contributed by atoms with E-state index in [0.717, 1.165) is 10.9 Å². The summed E-state index contributed by atoms with van der Waals surface area (Å²) in [5.41, 5.74) is 0.118. The van der Waals surface area contributed by atoms with Gasteiger partial charge in [0.1, 0.15) is 6.61 Å². The minimum absolute atomic E-state index is 0.0975. The summed E-state index contributed by atoms with van der Waals surface area (Å²) in [6.07, 6.45) is 0.849. The highest BCUT2D eigenvalue weighted by Gasteiger charge is 2.16. The van der Waals surface area contributed by atoms with Crippen molar-refractivity contribution in [2.75, 3.05) is 0 Å². The Kier molecular flexibility index (Phi) is 3.63. The van der Waals surface area contributed by atoms with Gasteiger partial charge in [0.15, 0.2) is 5.52 Å². The summed E-state index contributed by atoms with van der Waals surface area (Å²) < 4.78 is 1.42. The molecule has 0 aliphatic carbocycles. The molecule has 0 saturated heterocycles. The van der Waals surface area contributed by atoms with Gasteiger partial charge >= 0.3 is 5.56 Å². The minimum atomic E-state index is -0.655. The van der Waals surface area contributed by atoms with Gasteiger partial charge in [0, 0.05) is 12.1 Å². The molecule has 116 valence electrons. The lowest BCUT2D eigenvalue weighted by molar-refractivity contribution is -0.578. The van der Waals surface area contributed by atoms with E-state index in [1.807, 2.05) is 0 Å². The third kappa shape index (κ3) is 2.69. The van der Waals surface area contributed by atoms with Crippen molar-refractivity contribution in [1.82, 2.24) is 4.73 Å². The van der Waals surface area contributed by atoms with Crippen LogP contribution in [-0.4, -0.2) is 9.65 Å². The summed E-state index contributed by atoms with van der Waals surface area (Å²) in [7, 11) is 0. The number of nitro benzene ring substituents is 1. The second kappa shape index (κ2) is 5.76. The van der Waals surface area contributed by atoms with E-state index in [2.05, 4.69) is 0 Å². The Hall–Kier alpha value is -3.42. The number of hydrogen-bond donors (Lipinski definition) is 0. The molecule has 23 heavy (non-hydrogen) atoms. The molecule has 0 saturated carbocycles. The van der Waals surface area contributed by atoms with Crippen molar-refractivity contribution in [2.45, 2.75) is 6.61 Å². The maximum Gasteiger partial charge on any atom is 0.349 e. The first kappa shape index (κ1) is 14.5. The maximum absolute atomic E-state index is 12.0. The average molecular weight is 313 g/mol. The van der Waals surface area contributed by atoms with E-state index < -0.39 is 10.5 Å². The number of nitrogens with zero attached hydrogens (tertiary/aromatic N) is 3. The molecule has 0 aliphatic heterocycles. The van der Waals surface area contributed by atoms with Crippen molar-refractivity contribution in [1.29, 1.82) is 0 Å². The Morgan fingerprint density at radius 1 is 1.13 bits per heavy atom. The van der Waals surface area contributed by atoms with Crippen molar-refractivity contribution >= 4 is 16.7 Å². The van der Waals surface area contributed by atoms with E-state index in [-0.39, 0.29) is 23.3 Å². The molecule has 0 bridgehead atoms. The highest BCUT2D eigenvalue weighted by Crippen LogP contribution is 2.17. The lowest BCUT2D eigenvalue weighted by Crippen LogP contribution is -2.38. The van der Waals surface area contributed by atoms with Crippen LogP contribution in [-0.2, 0) is 6.61 Å². The number of benzene rings is 2. The smallest absolute Gasteiger partial charge is 0.349 e. The summed E-state index contributed by atoms with van der Waals surface area (Å²) in [5, 5.41) is 22.7. The van der Waals surface area contributed by atoms with Gasteiger partial charge in [-0.2, -0.15) is 4.73 Å². The van der Waals surface area contributed by atoms with Crippen LogP contribution < -0.4 is 15.1 Å². The third-order valence-corrected chi connectivity index (χ3v) is 3.30. The molecule has 0 fully saturated rings. The Labute approximate surface area is 129 Å². The first-order chi connectivity index (χ1) is 11.1. The summed E-state index contributed by atoms with van der Waals surface area (Å²) in [6.45, 7) is -0.177. The van der Waals surface area contributed by atoms with Crippen molar-refractivity contribution in [3.05, 3.63) is 86.0 Å². The van der Waals surface area contributed by atoms with Crippen LogP contribution in [0.15, 0.2) is 59.5 Å². The molecule has 2 aromatic carbocycles. The van der Waals surface area contributed by atoms with E-state index in [4.69, 9.17) is 4.84 Å². The monoisotopic (exact) mass is 313 g/mol. The van der Waals surface area contributed by atoms with Crippen LogP contribution in [0.25, 0.3) is 11.0 Å². The van der Waals surface area contributed by atoms with E-state index in [1.165, 1.54) is 6.07 Å². The van der Waals surface area contributed by atoms with Gasteiger partial charge in [-0.15, -0.1) is 4.73 Å². The van der Waals surface area contributed by atoms with Crippen molar-refractivity contribution in [3.8, 4) is 0 Å². The molecule has 1 aromatic heterocycles. The van der Waals surface area contributed by atoms with Gasteiger partial charge in [-0.25, -0.2) is 0 Å². The van der Waals surface area contributed by atoms with E-state index in [1.54, 1.807) is 42.5 Å². The average Bonchev–Trinajstić information content (AvgIpc) is 2.55. The molecule has 0 atom stereocenters. The first-order valence-corrected chi connectivity index (χ1v) is 6.67.